The molecule has 0 fully saturated rings. The van der Waals surface area contributed by atoms with Gasteiger partial charge in [-0.3, -0.25) is 0 Å². The van der Waals surface area contributed by atoms with Gasteiger partial charge in [-0.25, -0.2) is 0 Å². The second kappa shape index (κ2) is 5.77. The van der Waals surface area contributed by atoms with Crippen LogP contribution in [0.3, 0.4) is 0 Å². The summed E-state index contributed by atoms with van der Waals surface area (Å²) in [6.07, 6.45) is 0.944. The number of hydrogen-bond acceptors (Lipinski definition) is 2. The minimum Gasteiger partial charge on any atom is -0.496 e. The van der Waals surface area contributed by atoms with E-state index in [1.165, 1.54) is 16.7 Å². The highest BCUT2D eigenvalue weighted by molar-refractivity contribution is 5.51. The fourth-order valence-corrected chi connectivity index (χ4v) is 2.44. The molecule has 0 aliphatic carbocycles. The van der Waals surface area contributed by atoms with E-state index >= 15 is 0 Å². The first-order valence-corrected chi connectivity index (χ1v) is 7.50. The van der Waals surface area contributed by atoms with E-state index in [1.54, 1.807) is 7.11 Å². The summed E-state index contributed by atoms with van der Waals surface area (Å²) >= 11 is 0. The Morgan fingerprint density at radius 3 is 1.65 bits per heavy atom. The lowest BCUT2D eigenvalue weighted by Crippen LogP contribution is -2.21. The van der Waals surface area contributed by atoms with E-state index in [-0.39, 0.29) is 16.9 Å². The maximum absolute atomic E-state index is 6.27. The van der Waals surface area contributed by atoms with Gasteiger partial charge < -0.3 is 10.5 Å². The molecule has 1 atom stereocenters. The smallest absolute Gasteiger partial charge is 0.126 e. The molecule has 0 bridgehead atoms. The van der Waals surface area contributed by atoms with Crippen LogP contribution in [0.5, 0.6) is 5.75 Å². The quantitative estimate of drug-likeness (QED) is 0.869. The van der Waals surface area contributed by atoms with Gasteiger partial charge in [0.2, 0.25) is 0 Å². The third kappa shape index (κ3) is 3.54. The van der Waals surface area contributed by atoms with Crippen LogP contribution in [0, 0.1) is 0 Å². The molecule has 1 aromatic rings. The van der Waals surface area contributed by atoms with Crippen LogP contribution in [0.2, 0.25) is 0 Å². The van der Waals surface area contributed by atoms with E-state index in [4.69, 9.17) is 10.5 Å². The summed E-state index contributed by atoms with van der Waals surface area (Å²) in [4.78, 5) is 0. The Labute approximate surface area is 124 Å². The van der Waals surface area contributed by atoms with Crippen LogP contribution in [-0.2, 0) is 10.8 Å². The first kappa shape index (κ1) is 17.0. The van der Waals surface area contributed by atoms with Gasteiger partial charge in [0.25, 0.3) is 0 Å². The lowest BCUT2D eigenvalue weighted by atomic mass is 9.77. The Balaban J connectivity index is 3.65. The van der Waals surface area contributed by atoms with Gasteiger partial charge in [0.1, 0.15) is 5.75 Å². The molecule has 2 heteroatoms. The third-order valence-electron chi connectivity index (χ3n) is 3.80. The average Bonchev–Trinajstić information content (AvgIpc) is 2.33. The number of rotatable bonds is 3. The maximum atomic E-state index is 6.27. The van der Waals surface area contributed by atoms with Gasteiger partial charge in [-0.1, -0.05) is 48.5 Å². The molecule has 2 N–H and O–H groups in total. The molecule has 0 aliphatic rings. The second-order valence-corrected chi connectivity index (χ2v) is 7.66. The summed E-state index contributed by atoms with van der Waals surface area (Å²) in [6, 6.07) is 4.54. The van der Waals surface area contributed by atoms with Gasteiger partial charge in [0.05, 0.1) is 7.11 Å². The Bertz CT molecular complexity index is 428. The van der Waals surface area contributed by atoms with E-state index in [0.29, 0.717) is 0 Å². The summed E-state index contributed by atoms with van der Waals surface area (Å²) in [6.45, 7) is 15.5. The molecule has 0 radical (unpaired) electrons. The van der Waals surface area contributed by atoms with Crippen molar-refractivity contribution in [1.29, 1.82) is 0 Å². The Morgan fingerprint density at radius 2 is 1.40 bits per heavy atom. The van der Waals surface area contributed by atoms with Crippen LogP contribution in [0.1, 0.15) is 77.6 Å². The van der Waals surface area contributed by atoms with Gasteiger partial charge >= 0.3 is 0 Å². The molecule has 0 spiro atoms. The number of nitrogens with two attached hydrogens (primary N) is 1. The third-order valence-corrected chi connectivity index (χ3v) is 3.80. The van der Waals surface area contributed by atoms with Crippen LogP contribution in [0.25, 0.3) is 0 Å². The van der Waals surface area contributed by atoms with Crippen molar-refractivity contribution >= 4 is 0 Å². The van der Waals surface area contributed by atoms with Crippen molar-refractivity contribution in [2.45, 2.75) is 71.8 Å². The molecule has 2 nitrogen and oxygen atoms in total. The first-order chi connectivity index (χ1) is 9.02. The van der Waals surface area contributed by atoms with Gasteiger partial charge in [0.15, 0.2) is 0 Å². The number of ether oxygens (including phenoxy) is 1. The number of benzene rings is 1. The van der Waals surface area contributed by atoms with Gasteiger partial charge in [-0.15, -0.1) is 0 Å². The fourth-order valence-electron chi connectivity index (χ4n) is 2.44. The predicted octanol–water partition coefficient (Wildman–Crippen LogP) is 4.70. The molecule has 114 valence electrons. The van der Waals surface area contributed by atoms with Gasteiger partial charge in [-0.05, 0) is 34.9 Å². The molecule has 0 saturated carbocycles. The summed E-state index contributed by atoms with van der Waals surface area (Å²) in [5.74, 6) is 1.01. The van der Waals surface area contributed by atoms with Crippen LogP contribution in [0.4, 0.5) is 0 Å². The molecule has 1 aromatic carbocycles. The zero-order chi connectivity index (χ0) is 15.7. The lowest BCUT2D eigenvalue weighted by molar-refractivity contribution is 0.381. The van der Waals surface area contributed by atoms with E-state index < -0.39 is 0 Å². The molecule has 0 amide bonds. The number of methoxy groups -OCH3 is 1. The van der Waals surface area contributed by atoms with Crippen molar-refractivity contribution in [3.63, 3.8) is 0 Å². The zero-order valence-corrected chi connectivity index (χ0v) is 14.4. The molecule has 0 aromatic heterocycles. The highest BCUT2D eigenvalue weighted by Crippen LogP contribution is 2.41. The Hall–Kier alpha value is -1.02. The molecule has 20 heavy (non-hydrogen) atoms. The topological polar surface area (TPSA) is 35.2 Å². The highest BCUT2D eigenvalue weighted by atomic mass is 16.5. The van der Waals surface area contributed by atoms with E-state index in [9.17, 15) is 0 Å². The van der Waals surface area contributed by atoms with Crippen molar-refractivity contribution in [3.8, 4) is 5.75 Å². The normalized spacial score (nSPS) is 14.2. The van der Waals surface area contributed by atoms with E-state index in [1.807, 2.05) is 0 Å². The second-order valence-electron chi connectivity index (χ2n) is 7.66. The standard InChI is InChI=1S/C18H31NO/c1-9-15(19)12-10-13(17(2,3)4)16(20-8)14(11-12)18(5,6)7/h10-11,15H,9,19H2,1-8H3. The molecule has 0 aliphatic heterocycles. The molecule has 1 unspecified atom stereocenters. The van der Waals surface area contributed by atoms with Crippen molar-refractivity contribution in [2.24, 2.45) is 5.73 Å². The van der Waals surface area contributed by atoms with Crippen LogP contribution in [-0.4, -0.2) is 7.11 Å². The summed E-state index contributed by atoms with van der Waals surface area (Å²) < 4.78 is 5.76. The minimum absolute atomic E-state index is 0.0365. The molecular weight excluding hydrogens is 246 g/mol. The largest absolute Gasteiger partial charge is 0.496 e. The van der Waals surface area contributed by atoms with Crippen LogP contribution >= 0.6 is 0 Å². The van der Waals surface area contributed by atoms with Crippen molar-refractivity contribution < 1.29 is 4.74 Å². The molecular formula is C18H31NO. The Kier molecular flexibility index (Phi) is 4.91. The lowest BCUT2D eigenvalue weighted by Gasteiger charge is -2.30. The zero-order valence-electron chi connectivity index (χ0n) is 14.4. The van der Waals surface area contributed by atoms with Crippen molar-refractivity contribution in [3.05, 3.63) is 28.8 Å². The molecule has 0 heterocycles. The predicted molar refractivity (Wildman–Crippen MR) is 87.6 cm³/mol. The number of hydrogen-bond donors (Lipinski definition) is 1. The first-order valence-electron chi connectivity index (χ1n) is 7.50. The SMILES string of the molecule is CCC(N)c1cc(C(C)(C)C)c(OC)c(C(C)(C)C)c1. The molecule has 0 saturated heterocycles. The maximum Gasteiger partial charge on any atom is 0.126 e. The van der Waals surface area contributed by atoms with Crippen LogP contribution < -0.4 is 10.5 Å². The van der Waals surface area contributed by atoms with Gasteiger partial charge in [0, 0.05) is 17.2 Å². The van der Waals surface area contributed by atoms with Crippen molar-refractivity contribution in [2.75, 3.05) is 7.11 Å². The van der Waals surface area contributed by atoms with Crippen LogP contribution in [0.15, 0.2) is 12.1 Å². The Morgan fingerprint density at radius 1 is 1.00 bits per heavy atom. The average molecular weight is 277 g/mol. The highest BCUT2D eigenvalue weighted by Gasteiger charge is 2.28. The monoisotopic (exact) mass is 277 g/mol. The van der Waals surface area contributed by atoms with E-state index in [0.717, 1.165) is 12.2 Å². The fraction of sp³-hybridized carbons (Fsp3) is 0.667. The molecule has 1 rings (SSSR count). The summed E-state index contributed by atoms with van der Waals surface area (Å²) in [7, 11) is 1.76. The summed E-state index contributed by atoms with van der Waals surface area (Å²) in [5.41, 5.74) is 10.0. The van der Waals surface area contributed by atoms with E-state index in [2.05, 4.69) is 60.6 Å². The summed E-state index contributed by atoms with van der Waals surface area (Å²) in [5, 5.41) is 0. The van der Waals surface area contributed by atoms with Crippen molar-refractivity contribution in [1.82, 2.24) is 0 Å². The van der Waals surface area contributed by atoms with Gasteiger partial charge in [-0.2, -0.15) is 0 Å². The minimum atomic E-state index is 0.0365.